The highest BCUT2D eigenvalue weighted by molar-refractivity contribution is 5.60. The summed E-state index contributed by atoms with van der Waals surface area (Å²) in [4.78, 5) is 15.0. The van der Waals surface area contributed by atoms with Gasteiger partial charge in [-0.3, -0.25) is 4.98 Å². The van der Waals surface area contributed by atoms with Crippen LogP contribution >= 0.6 is 0 Å². The summed E-state index contributed by atoms with van der Waals surface area (Å²) < 4.78 is 9.32. The number of carbonyl (C=O) groups is 1. The predicted octanol–water partition coefficient (Wildman–Crippen LogP) is 1.96. The molecular formula is C11H13NO3. The fourth-order valence-corrected chi connectivity index (χ4v) is 1.07. The molecule has 4 heteroatoms. The summed E-state index contributed by atoms with van der Waals surface area (Å²) in [6.07, 6.45) is 2.61. The second-order valence-corrected chi connectivity index (χ2v) is 2.87. The maximum absolute atomic E-state index is 10.9. The average Bonchev–Trinajstić information content (AvgIpc) is 2.29. The number of nitrogens with zero attached hydrogens (tertiary/aromatic N) is 1. The van der Waals surface area contributed by atoms with E-state index in [1.54, 1.807) is 12.3 Å². The molecule has 1 aromatic heterocycles. The zero-order valence-electron chi connectivity index (χ0n) is 8.55. The summed E-state index contributed by atoms with van der Waals surface area (Å²) in [6.45, 7) is 3.58. The van der Waals surface area contributed by atoms with Crippen molar-refractivity contribution in [2.45, 2.75) is 12.5 Å². The molecule has 0 aliphatic carbocycles. The van der Waals surface area contributed by atoms with Crippen LogP contribution in [0.25, 0.3) is 0 Å². The van der Waals surface area contributed by atoms with Crippen molar-refractivity contribution < 1.29 is 14.3 Å². The van der Waals surface area contributed by atoms with Crippen molar-refractivity contribution in [1.82, 2.24) is 4.98 Å². The van der Waals surface area contributed by atoms with Gasteiger partial charge in [0.1, 0.15) is 6.10 Å². The van der Waals surface area contributed by atoms with Gasteiger partial charge in [0.25, 0.3) is 0 Å². The number of methoxy groups -OCH3 is 1. The summed E-state index contributed by atoms with van der Waals surface area (Å²) in [6, 6.07) is 5.56. The number of carbonyl (C=O) groups excluding carboxylic acids is 1. The minimum atomic E-state index is -0.712. The monoisotopic (exact) mass is 207 g/mol. The van der Waals surface area contributed by atoms with Crippen molar-refractivity contribution in [3.05, 3.63) is 42.7 Å². The topological polar surface area (TPSA) is 48.4 Å². The molecule has 4 nitrogen and oxygen atoms in total. The Kier molecular flexibility index (Phi) is 4.34. The van der Waals surface area contributed by atoms with Crippen LogP contribution in [0, 0.1) is 0 Å². The summed E-state index contributed by atoms with van der Waals surface area (Å²) in [5.74, 6) is 0. The first-order valence-corrected chi connectivity index (χ1v) is 4.53. The van der Waals surface area contributed by atoms with Crippen LogP contribution in [0.5, 0.6) is 0 Å². The lowest BCUT2D eigenvalue weighted by Gasteiger charge is -2.11. The summed E-state index contributed by atoms with van der Waals surface area (Å²) in [7, 11) is 1.27. The van der Waals surface area contributed by atoms with E-state index in [1.165, 1.54) is 7.11 Å². The Morgan fingerprint density at radius 3 is 3.00 bits per heavy atom. The molecule has 0 aromatic carbocycles. The van der Waals surface area contributed by atoms with Gasteiger partial charge in [0.15, 0.2) is 0 Å². The molecule has 0 fully saturated rings. The van der Waals surface area contributed by atoms with Crippen LogP contribution in [0.3, 0.4) is 0 Å². The van der Waals surface area contributed by atoms with Crippen molar-refractivity contribution in [2.75, 3.05) is 7.11 Å². The molecule has 1 heterocycles. The first kappa shape index (κ1) is 11.2. The zero-order valence-corrected chi connectivity index (χ0v) is 8.55. The van der Waals surface area contributed by atoms with Gasteiger partial charge < -0.3 is 9.47 Å². The van der Waals surface area contributed by atoms with Gasteiger partial charge in [-0.2, -0.15) is 0 Å². The maximum Gasteiger partial charge on any atom is 0.508 e. The molecule has 0 saturated carbocycles. The van der Waals surface area contributed by atoms with Gasteiger partial charge in [0.2, 0.25) is 0 Å². The quantitative estimate of drug-likeness (QED) is 0.559. The summed E-state index contributed by atoms with van der Waals surface area (Å²) >= 11 is 0. The number of ether oxygens (including phenoxy) is 2. The van der Waals surface area contributed by atoms with Crippen LogP contribution in [-0.2, 0) is 15.9 Å². The van der Waals surface area contributed by atoms with E-state index in [0.29, 0.717) is 6.42 Å². The zero-order chi connectivity index (χ0) is 11.1. The molecule has 0 bridgehead atoms. The van der Waals surface area contributed by atoms with Gasteiger partial charge in [-0.1, -0.05) is 18.7 Å². The Hall–Kier alpha value is -1.84. The number of hydrogen-bond acceptors (Lipinski definition) is 4. The van der Waals surface area contributed by atoms with E-state index in [1.807, 2.05) is 18.2 Å². The Morgan fingerprint density at radius 2 is 2.47 bits per heavy atom. The van der Waals surface area contributed by atoms with Gasteiger partial charge in [-0.05, 0) is 12.1 Å². The molecule has 1 rings (SSSR count). The first-order chi connectivity index (χ1) is 7.26. The largest absolute Gasteiger partial charge is 0.508 e. The molecule has 1 unspecified atom stereocenters. The molecule has 0 spiro atoms. The molecule has 0 N–H and O–H groups in total. The third-order valence-corrected chi connectivity index (χ3v) is 1.81. The third kappa shape index (κ3) is 3.81. The van der Waals surface area contributed by atoms with Crippen molar-refractivity contribution >= 4 is 6.16 Å². The molecule has 15 heavy (non-hydrogen) atoms. The van der Waals surface area contributed by atoms with Crippen LogP contribution in [-0.4, -0.2) is 24.4 Å². The lowest BCUT2D eigenvalue weighted by Crippen LogP contribution is -2.18. The van der Waals surface area contributed by atoms with Crippen LogP contribution < -0.4 is 0 Å². The fraction of sp³-hybridized carbons (Fsp3) is 0.273. The Bertz CT molecular complexity index is 324. The molecular weight excluding hydrogens is 194 g/mol. The lowest BCUT2D eigenvalue weighted by molar-refractivity contribution is 0.0525. The highest BCUT2D eigenvalue weighted by Crippen LogP contribution is 2.05. The van der Waals surface area contributed by atoms with Crippen LogP contribution in [0.4, 0.5) is 4.79 Å². The van der Waals surface area contributed by atoms with Gasteiger partial charge in [0.05, 0.1) is 7.11 Å². The molecule has 0 saturated heterocycles. The van der Waals surface area contributed by atoms with Crippen molar-refractivity contribution in [3.63, 3.8) is 0 Å². The molecule has 0 aliphatic heterocycles. The Morgan fingerprint density at radius 1 is 1.67 bits per heavy atom. The van der Waals surface area contributed by atoms with E-state index >= 15 is 0 Å². The highest BCUT2D eigenvalue weighted by atomic mass is 16.7. The lowest BCUT2D eigenvalue weighted by atomic mass is 10.2. The van der Waals surface area contributed by atoms with E-state index in [-0.39, 0.29) is 0 Å². The summed E-state index contributed by atoms with van der Waals surface area (Å²) in [5, 5.41) is 0. The Labute approximate surface area is 88.5 Å². The first-order valence-electron chi connectivity index (χ1n) is 4.53. The van der Waals surface area contributed by atoms with Crippen LogP contribution in [0.2, 0.25) is 0 Å². The molecule has 0 radical (unpaired) electrons. The van der Waals surface area contributed by atoms with Crippen molar-refractivity contribution in [1.29, 1.82) is 0 Å². The number of pyridine rings is 1. The number of hydrogen-bond donors (Lipinski definition) is 0. The van der Waals surface area contributed by atoms with Crippen LogP contribution in [0.15, 0.2) is 37.1 Å². The fourth-order valence-electron chi connectivity index (χ4n) is 1.07. The highest BCUT2D eigenvalue weighted by Gasteiger charge is 2.11. The predicted molar refractivity (Wildman–Crippen MR) is 55.4 cm³/mol. The van der Waals surface area contributed by atoms with E-state index in [0.717, 1.165) is 5.69 Å². The minimum Gasteiger partial charge on any atom is -0.438 e. The second kappa shape index (κ2) is 5.80. The molecule has 1 atom stereocenters. The normalized spacial score (nSPS) is 11.5. The molecule has 1 aromatic rings. The third-order valence-electron chi connectivity index (χ3n) is 1.81. The smallest absolute Gasteiger partial charge is 0.438 e. The van der Waals surface area contributed by atoms with E-state index in [4.69, 9.17) is 4.74 Å². The molecule has 0 amide bonds. The van der Waals surface area contributed by atoms with E-state index < -0.39 is 12.3 Å². The Balaban J connectivity index is 2.54. The SMILES string of the molecule is C=CC(Cc1ccccn1)OC(=O)OC. The molecule has 0 aliphatic rings. The van der Waals surface area contributed by atoms with E-state index in [2.05, 4.69) is 16.3 Å². The van der Waals surface area contributed by atoms with Crippen LogP contribution in [0.1, 0.15) is 5.69 Å². The van der Waals surface area contributed by atoms with E-state index in [9.17, 15) is 4.79 Å². The molecule has 80 valence electrons. The van der Waals surface area contributed by atoms with Crippen molar-refractivity contribution in [3.8, 4) is 0 Å². The number of aromatic nitrogens is 1. The second-order valence-electron chi connectivity index (χ2n) is 2.87. The van der Waals surface area contributed by atoms with Crippen molar-refractivity contribution in [2.24, 2.45) is 0 Å². The van der Waals surface area contributed by atoms with Gasteiger partial charge in [-0.25, -0.2) is 4.79 Å². The number of rotatable bonds is 4. The average molecular weight is 207 g/mol. The summed E-state index contributed by atoms with van der Waals surface area (Å²) in [5.41, 5.74) is 0.839. The van der Waals surface area contributed by atoms with Gasteiger partial charge >= 0.3 is 6.16 Å². The van der Waals surface area contributed by atoms with Gasteiger partial charge in [-0.15, -0.1) is 0 Å². The maximum atomic E-state index is 10.9. The minimum absolute atomic E-state index is 0.410. The standard InChI is InChI=1S/C11H13NO3/c1-3-10(15-11(13)14-2)8-9-6-4-5-7-12-9/h3-7,10H,1,8H2,2H3. The van der Waals surface area contributed by atoms with Gasteiger partial charge in [0, 0.05) is 18.3 Å².